The van der Waals surface area contributed by atoms with Crippen LogP contribution in [0.5, 0.6) is 5.75 Å². The number of aromatic hydroxyl groups is 1. The van der Waals surface area contributed by atoms with E-state index in [0.29, 0.717) is 25.1 Å². The summed E-state index contributed by atoms with van der Waals surface area (Å²) in [5.41, 5.74) is 0.541. The van der Waals surface area contributed by atoms with Gasteiger partial charge in [0.15, 0.2) is 11.6 Å². The van der Waals surface area contributed by atoms with E-state index in [2.05, 4.69) is 16.0 Å². The molecule has 6 nitrogen and oxygen atoms in total. The Kier molecular flexibility index (Phi) is 6.45. The van der Waals surface area contributed by atoms with Crippen molar-refractivity contribution in [2.24, 2.45) is 0 Å². The zero-order valence-corrected chi connectivity index (χ0v) is 12.1. The molecule has 4 N–H and O–H groups in total. The smallest absolute Gasteiger partial charge is 0.315 e. The number of halogens is 1. The molecule has 116 valence electrons. The van der Waals surface area contributed by atoms with Gasteiger partial charge in [0.2, 0.25) is 5.91 Å². The molecule has 7 heteroatoms. The number of benzene rings is 1. The van der Waals surface area contributed by atoms with Gasteiger partial charge in [-0.2, -0.15) is 0 Å². The summed E-state index contributed by atoms with van der Waals surface area (Å²) in [4.78, 5) is 22.6. The predicted molar refractivity (Wildman–Crippen MR) is 76.3 cm³/mol. The van der Waals surface area contributed by atoms with Crippen molar-refractivity contribution in [2.75, 3.05) is 13.1 Å². The summed E-state index contributed by atoms with van der Waals surface area (Å²) in [6.45, 7) is 4.09. The summed E-state index contributed by atoms with van der Waals surface area (Å²) < 4.78 is 13.2. The Morgan fingerprint density at radius 1 is 1.29 bits per heavy atom. The summed E-state index contributed by atoms with van der Waals surface area (Å²) >= 11 is 0. The van der Waals surface area contributed by atoms with Crippen molar-refractivity contribution in [3.8, 4) is 5.75 Å². The molecule has 1 aromatic carbocycles. The fourth-order valence-electron chi connectivity index (χ4n) is 1.63. The van der Waals surface area contributed by atoms with E-state index in [1.807, 2.05) is 0 Å². The maximum Gasteiger partial charge on any atom is 0.315 e. The molecule has 0 saturated carbocycles. The molecule has 1 unspecified atom stereocenters. The number of urea groups is 1. The standard InChI is InChI=1S/C14H20FN3O3/c1-3-13(20)16-6-7-17-14(21)18-9(2)10-4-5-12(19)11(15)8-10/h4-5,8-9,19H,3,6-7H2,1-2H3,(H,16,20)(H2,17,18,21). The zero-order chi connectivity index (χ0) is 15.8. The number of hydrogen-bond donors (Lipinski definition) is 4. The quantitative estimate of drug-likeness (QED) is 0.599. The third-order valence-electron chi connectivity index (χ3n) is 2.87. The Balaban J connectivity index is 2.36. The van der Waals surface area contributed by atoms with Crippen LogP contribution in [0.3, 0.4) is 0 Å². The van der Waals surface area contributed by atoms with Crippen LogP contribution in [-0.2, 0) is 4.79 Å². The van der Waals surface area contributed by atoms with E-state index in [1.54, 1.807) is 13.8 Å². The van der Waals surface area contributed by atoms with Crippen molar-refractivity contribution < 1.29 is 19.1 Å². The SMILES string of the molecule is CCC(=O)NCCNC(=O)NC(C)c1ccc(O)c(F)c1. The zero-order valence-electron chi connectivity index (χ0n) is 12.1. The van der Waals surface area contributed by atoms with Crippen LogP contribution in [0.2, 0.25) is 0 Å². The first kappa shape index (κ1) is 16.7. The number of rotatable bonds is 6. The average molecular weight is 297 g/mol. The van der Waals surface area contributed by atoms with Crippen molar-refractivity contribution in [3.05, 3.63) is 29.6 Å². The highest BCUT2D eigenvalue weighted by Crippen LogP contribution is 2.20. The van der Waals surface area contributed by atoms with Gasteiger partial charge in [-0.05, 0) is 24.6 Å². The number of phenols is 1. The maximum absolute atomic E-state index is 13.2. The molecule has 21 heavy (non-hydrogen) atoms. The number of carbonyl (C=O) groups excluding carboxylic acids is 2. The van der Waals surface area contributed by atoms with Crippen molar-refractivity contribution in [1.82, 2.24) is 16.0 Å². The number of amides is 3. The third kappa shape index (κ3) is 5.68. The molecule has 0 aliphatic rings. The summed E-state index contributed by atoms with van der Waals surface area (Å²) in [7, 11) is 0. The monoisotopic (exact) mass is 297 g/mol. The van der Waals surface area contributed by atoms with Crippen LogP contribution in [0.15, 0.2) is 18.2 Å². The average Bonchev–Trinajstić information content (AvgIpc) is 2.46. The second kappa shape index (κ2) is 8.08. The Morgan fingerprint density at radius 2 is 1.95 bits per heavy atom. The molecule has 0 aliphatic carbocycles. The lowest BCUT2D eigenvalue weighted by Gasteiger charge is -2.15. The van der Waals surface area contributed by atoms with Gasteiger partial charge in [-0.1, -0.05) is 13.0 Å². The maximum atomic E-state index is 13.2. The highest BCUT2D eigenvalue weighted by molar-refractivity contribution is 5.76. The molecule has 0 saturated heterocycles. The van der Waals surface area contributed by atoms with Crippen molar-refractivity contribution >= 4 is 11.9 Å². The lowest BCUT2D eigenvalue weighted by Crippen LogP contribution is -2.41. The summed E-state index contributed by atoms with van der Waals surface area (Å²) in [6, 6.07) is 3.11. The number of phenolic OH excluding ortho intramolecular Hbond substituents is 1. The van der Waals surface area contributed by atoms with Crippen LogP contribution in [0, 0.1) is 5.82 Å². The molecule has 0 aromatic heterocycles. The van der Waals surface area contributed by atoms with E-state index in [1.165, 1.54) is 18.2 Å². The molecule has 1 aromatic rings. The minimum absolute atomic E-state index is 0.0786. The van der Waals surface area contributed by atoms with Crippen LogP contribution in [-0.4, -0.2) is 30.1 Å². The molecule has 0 heterocycles. The summed E-state index contributed by atoms with van der Waals surface area (Å²) in [6.07, 6.45) is 0.398. The van der Waals surface area contributed by atoms with Gasteiger partial charge in [-0.3, -0.25) is 4.79 Å². The fourth-order valence-corrected chi connectivity index (χ4v) is 1.63. The van der Waals surface area contributed by atoms with Gasteiger partial charge in [0, 0.05) is 19.5 Å². The van der Waals surface area contributed by atoms with Gasteiger partial charge in [-0.25, -0.2) is 9.18 Å². The largest absolute Gasteiger partial charge is 0.505 e. The van der Waals surface area contributed by atoms with Gasteiger partial charge in [0.05, 0.1) is 6.04 Å². The van der Waals surface area contributed by atoms with Gasteiger partial charge < -0.3 is 21.1 Å². The van der Waals surface area contributed by atoms with E-state index >= 15 is 0 Å². The van der Waals surface area contributed by atoms with Gasteiger partial charge >= 0.3 is 6.03 Å². The van der Waals surface area contributed by atoms with Crippen LogP contribution >= 0.6 is 0 Å². The fraction of sp³-hybridized carbons (Fsp3) is 0.429. The summed E-state index contributed by atoms with van der Waals surface area (Å²) in [5.74, 6) is -1.24. The highest BCUT2D eigenvalue weighted by atomic mass is 19.1. The van der Waals surface area contributed by atoms with E-state index in [9.17, 15) is 14.0 Å². The molecule has 0 fully saturated rings. The number of nitrogens with one attached hydrogen (secondary N) is 3. The van der Waals surface area contributed by atoms with E-state index in [0.717, 1.165) is 0 Å². The van der Waals surface area contributed by atoms with Gasteiger partial charge in [0.1, 0.15) is 0 Å². The number of hydrogen-bond acceptors (Lipinski definition) is 3. The Hall–Kier alpha value is -2.31. The van der Waals surface area contributed by atoms with Crippen LogP contribution < -0.4 is 16.0 Å². The van der Waals surface area contributed by atoms with E-state index < -0.39 is 23.6 Å². The second-order valence-corrected chi connectivity index (χ2v) is 4.54. The van der Waals surface area contributed by atoms with Gasteiger partial charge in [-0.15, -0.1) is 0 Å². The molecule has 0 spiro atoms. The first-order valence-electron chi connectivity index (χ1n) is 6.73. The molecular formula is C14H20FN3O3. The minimum atomic E-state index is -0.733. The predicted octanol–water partition coefficient (Wildman–Crippen LogP) is 1.42. The minimum Gasteiger partial charge on any atom is -0.505 e. The highest BCUT2D eigenvalue weighted by Gasteiger charge is 2.11. The van der Waals surface area contributed by atoms with Crippen LogP contribution in [0.1, 0.15) is 31.9 Å². The van der Waals surface area contributed by atoms with E-state index in [4.69, 9.17) is 5.11 Å². The van der Waals surface area contributed by atoms with Gasteiger partial charge in [0.25, 0.3) is 0 Å². The van der Waals surface area contributed by atoms with Crippen LogP contribution in [0.4, 0.5) is 9.18 Å². The lowest BCUT2D eigenvalue weighted by atomic mass is 10.1. The molecule has 1 rings (SSSR count). The third-order valence-corrected chi connectivity index (χ3v) is 2.87. The molecular weight excluding hydrogens is 277 g/mol. The number of carbonyl (C=O) groups is 2. The Labute approximate surface area is 122 Å². The molecule has 0 bridgehead atoms. The molecule has 0 radical (unpaired) electrons. The topological polar surface area (TPSA) is 90.5 Å². The molecule has 1 atom stereocenters. The lowest BCUT2D eigenvalue weighted by molar-refractivity contribution is -0.120. The first-order valence-corrected chi connectivity index (χ1v) is 6.73. The second-order valence-electron chi connectivity index (χ2n) is 4.54. The van der Waals surface area contributed by atoms with Crippen molar-refractivity contribution in [3.63, 3.8) is 0 Å². The first-order chi connectivity index (χ1) is 9.93. The van der Waals surface area contributed by atoms with Crippen molar-refractivity contribution in [1.29, 1.82) is 0 Å². The van der Waals surface area contributed by atoms with Crippen LogP contribution in [0.25, 0.3) is 0 Å². The van der Waals surface area contributed by atoms with Crippen molar-refractivity contribution in [2.45, 2.75) is 26.3 Å². The molecule has 0 aliphatic heterocycles. The summed E-state index contributed by atoms with van der Waals surface area (Å²) in [5, 5.41) is 16.9. The molecule has 3 amide bonds. The Morgan fingerprint density at radius 3 is 2.57 bits per heavy atom. The Bertz CT molecular complexity index is 508. The van der Waals surface area contributed by atoms with E-state index in [-0.39, 0.29) is 5.91 Å². The normalized spacial score (nSPS) is 11.6.